The van der Waals surface area contributed by atoms with Crippen LogP contribution in [-0.2, 0) is 0 Å². The van der Waals surface area contributed by atoms with E-state index in [1.165, 1.54) is 13.2 Å². The van der Waals surface area contributed by atoms with E-state index >= 15 is 0 Å². The fourth-order valence-corrected chi connectivity index (χ4v) is 2.99. The lowest BCUT2D eigenvalue weighted by Crippen LogP contribution is -2.37. The van der Waals surface area contributed by atoms with Crippen LogP contribution < -0.4 is 15.4 Å². The maximum atomic E-state index is 11.0. The van der Waals surface area contributed by atoms with Gasteiger partial charge in [0.1, 0.15) is 5.75 Å². The van der Waals surface area contributed by atoms with E-state index < -0.39 is 4.92 Å². The number of rotatable bonds is 5. The molecule has 0 heterocycles. The number of nitro groups is 1. The Morgan fingerprint density at radius 3 is 2.80 bits per heavy atom. The van der Waals surface area contributed by atoms with Crippen molar-refractivity contribution in [3.8, 4) is 5.75 Å². The van der Waals surface area contributed by atoms with Crippen LogP contribution in [0.4, 0.5) is 11.4 Å². The van der Waals surface area contributed by atoms with Gasteiger partial charge in [0.2, 0.25) is 0 Å². The lowest BCUT2D eigenvalue weighted by atomic mass is 10.0. The average molecular weight is 279 g/mol. The second-order valence-corrected chi connectivity index (χ2v) is 5.25. The van der Waals surface area contributed by atoms with Crippen LogP contribution in [0, 0.1) is 16.0 Å². The van der Waals surface area contributed by atoms with Crippen LogP contribution >= 0.6 is 0 Å². The van der Waals surface area contributed by atoms with E-state index in [0.29, 0.717) is 24.3 Å². The molecule has 0 saturated heterocycles. The molecule has 110 valence electrons. The van der Waals surface area contributed by atoms with Gasteiger partial charge in [0.15, 0.2) is 0 Å². The van der Waals surface area contributed by atoms with E-state index in [0.717, 1.165) is 24.9 Å². The van der Waals surface area contributed by atoms with Gasteiger partial charge in [0.05, 0.1) is 18.1 Å². The highest BCUT2D eigenvalue weighted by molar-refractivity contribution is 5.58. The average Bonchev–Trinajstić information content (AvgIpc) is 2.94. The SMILES string of the molecule is COc1cc(N(C)C2CCCC2CN)cc([N+](=O)[O-])c1. The molecule has 2 N–H and O–H groups in total. The molecule has 6 nitrogen and oxygen atoms in total. The maximum absolute atomic E-state index is 11.0. The highest BCUT2D eigenvalue weighted by atomic mass is 16.6. The third-order valence-corrected chi connectivity index (χ3v) is 4.15. The Morgan fingerprint density at radius 1 is 1.45 bits per heavy atom. The Kier molecular flexibility index (Phi) is 4.44. The lowest BCUT2D eigenvalue weighted by Gasteiger charge is -2.31. The van der Waals surface area contributed by atoms with Crippen LogP contribution in [-0.4, -0.2) is 31.7 Å². The smallest absolute Gasteiger partial charge is 0.275 e. The molecule has 0 aromatic heterocycles. The molecule has 0 bridgehead atoms. The summed E-state index contributed by atoms with van der Waals surface area (Å²) in [6.07, 6.45) is 3.35. The monoisotopic (exact) mass is 279 g/mol. The maximum Gasteiger partial charge on any atom is 0.275 e. The number of non-ortho nitro benzene ring substituents is 1. The highest BCUT2D eigenvalue weighted by Crippen LogP contribution is 2.34. The van der Waals surface area contributed by atoms with E-state index in [4.69, 9.17) is 10.5 Å². The zero-order valence-corrected chi connectivity index (χ0v) is 11.9. The van der Waals surface area contributed by atoms with E-state index in [9.17, 15) is 10.1 Å². The van der Waals surface area contributed by atoms with Gasteiger partial charge in [-0.15, -0.1) is 0 Å². The molecule has 1 fully saturated rings. The zero-order valence-electron chi connectivity index (χ0n) is 11.9. The van der Waals surface area contributed by atoms with Crippen molar-refractivity contribution in [2.45, 2.75) is 25.3 Å². The predicted octanol–water partition coefficient (Wildman–Crippen LogP) is 2.17. The molecule has 0 radical (unpaired) electrons. The van der Waals surface area contributed by atoms with Crippen molar-refractivity contribution >= 4 is 11.4 Å². The number of ether oxygens (including phenoxy) is 1. The summed E-state index contributed by atoms with van der Waals surface area (Å²) in [5.41, 5.74) is 6.67. The van der Waals surface area contributed by atoms with Crippen LogP contribution in [0.1, 0.15) is 19.3 Å². The van der Waals surface area contributed by atoms with Crippen molar-refractivity contribution in [3.63, 3.8) is 0 Å². The molecule has 20 heavy (non-hydrogen) atoms. The first-order valence-corrected chi connectivity index (χ1v) is 6.83. The summed E-state index contributed by atoms with van der Waals surface area (Å²) in [6.45, 7) is 0.654. The van der Waals surface area contributed by atoms with Gasteiger partial charge in [-0.25, -0.2) is 0 Å². The van der Waals surface area contributed by atoms with Gasteiger partial charge in [0.25, 0.3) is 5.69 Å². The van der Waals surface area contributed by atoms with Crippen molar-refractivity contribution in [2.24, 2.45) is 11.7 Å². The van der Waals surface area contributed by atoms with Crippen LogP contribution in [0.3, 0.4) is 0 Å². The highest BCUT2D eigenvalue weighted by Gasteiger charge is 2.30. The van der Waals surface area contributed by atoms with Crippen molar-refractivity contribution in [1.29, 1.82) is 0 Å². The summed E-state index contributed by atoms with van der Waals surface area (Å²) in [5.74, 6) is 0.952. The minimum Gasteiger partial charge on any atom is -0.496 e. The zero-order chi connectivity index (χ0) is 14.7. The second kappa shape index (κ2) is 6.09. The molecular weight excluding hydrogens is 258 g/mol. The van der Waals surface area contributed by atoms with Gasteiger partial charge in [-0.05, 0) is 25.3 Å². The quantitative estimate of drug-likeness (QED) is 0.660. The molecule has 1 aliphatic carbocycles. The summed E-state index contributed by atoms with van der Waals surface area (Å²) in [6, 6.07) is 5.20. The number of hydrogen-bond acceptors (Lipinski definition) is 5. The Hall–Kier alpha value is -1.82. The molecular formula is C14H21N3O3. The van der Waals surface area contributed by atoms with Gasteiger partial charge >= 0.3 is 0 Å². The molecule has 0 spiro atoms. The van der Waals surface area contributed by atoms with Crippen LogP contribution in [0.5, 0.6) is 5.75 Å². The molecule has 2 rings (SSSR count). The van der Waals surface area contributed by atoms with Gasteiger partial charge < -0.3 is 15.4 Å². The Balaban J connectivity index is 2.31. The van der Waals surface area contributed by atoms with Crippen LogP contribution in [0.15, 0.2) is 18.2 Å². The van der Waals surface area contributed by atoms with Gasteiger partial charge in [-0.2, -0.15) is 0 Å². The minimum absolute atomic E-state index is 0.0495. The molecule has 1 saturated carbocycles. The Bertz CT molecular complexity index is 493. The molecule has 2 atom stereocenters. The summed E-state index contributed by atoms with van der Waals surface area (Å²) < 4.78 is 5.16. The molecule has 2 unspecified atom stereocenters. The molecule has 0 aliphatic heterocycles. The number of hydrogen-bond donors (Lipinski definition) is 1. The summed E-state index contributed by atoms with van der Waals surface area (Å²) in [5, 5.41) is 11.0. The number of nitro benzene ring substituents is 1. The Labute approximate surface area is 118 Å². The van der Waals surface area contributed by atoms with Crippen molar-refractivity contribution in [1.82, 2.24) is 0 Å². The molecule has 1 aliphatic rings. The topological polar surface area (TPSA) is 81.6 Å². The number of benzene rings is 1. The largest absolute Gasteiger partial charge is 0.496 e. The van der Waals surface area contributed by atoms with Crippen LogP contribution in [0.2, 0.25) is 0 Å². The van der Waals surface area contributed by atoms with Gasteiger partial charge in [-0.1, -0.05) is 6.42 Å². The van der Waals surface area contributed by atoms with Crippen molar-refractivity contribution in [3.05, 3.63) is 28.3 Å². The van der Waals surface area contributed by atoms with Crippen molar-refractivity contribution < 1.29 is 9.66 Å². The third-order valence-electron chi connectivity index (χ3n) is 4.15. The van der Waals surface area contributed by atoms with Crippen molar-refractivity contribution in [2.75, 3.05) is 25.6 Å². The fraction of sp³-hybridized carbons (Fsp3) is 0.571. The third kappa shape index (κ3) is 2.85. The normalized spacial score (nSPS) is 21.8. The van der Waals surface area contributed by atoms with E-state index in [2.05, 4.69) is 4.90 Å². The second-order valence-electron chi connectivity index (χ2n) is 5.25. The standard InChI is InChI=1S/C14H21N3O3/c1-16(14-5-3-4-10(14)9-15)11-6-12(17(18)19)8-13(7-11)20-2/h6-8,10,14H,3-5,9,15H2,1-2H3. The van der Waals surface area contributed by atoms with Crippen LogP contribution in [0.25, 0.3) is 0 Å². The number of nitrogens with two attached hydrogens (primary N) is 1. The first-order chi connectivity index (χ1) is 9.56. The fourth-order valence-electron chi connectivity index (χ4n) is 2.99. The van der Waals surface area contributed by atoms with E-state index in [-0.39, 0.29) is 5.69 Å². The number of anilines is 1. The summed E-state index contributed by atoms with van der Waals surface area (Å²) >= 11 is 0. The Morgan fingerprint density at radius 2 is 2.20 bits per heavy atom. The first kappa shape index (κ1) is 14.6. The lowest BCUT2D eigenvalue weighted by molar-refractivity contribution is -0.384. The summed E-state index contributed by atoms with van der Waals surface area (Å²) in [7, 11) is 3.48. The first-order valence-electron chi connectivity index (χ1n) is 6.83. The minimum atomic E-state index is -0.394. The molecule has 1 aromatic rings. The predicted molar refractivity (Wildman–Crippen MR) is 78.2 cm³/mol. The molecule has 1 aromatic carbocycles. The molecule has 6 heteroatoms. The van der Waals surface area contributed by atoms with Gasteiger partial charge in [0, 0.05) is 30.9 Å². The van der Waals surface area contributed by atoms with Gasteiger partial charge in [-0.3, -0.25) is 10.1 Å². The summed E-state index contributed by atoms with van der Waals surface area (Å²) in [4.78, 5) is 12.7. The van der Waals surface area contributed by atoms with E-state index in [1.807, 2.05) is 13.1 Å². The number of methoxy groups -OCH3 is 1. The van der Waals surface area contributed by atoms with E-state index in [1.54, 1.807) is 6.07 Å². The molecule has 0 amide bonds. The number of nitrogens with zero attached hydrogens (tertiary/aromatic N) is 2.